The second-order valence-electron chi connectivity index (χ2n) is 7.29. The normalized spacial score (nSPS) is 11.8. The molecule has 2 N–H and O–H groups in total. The van der Waals surface area contributed by atoms with E-state index in [1.165, 1.54) is 16.5 Å². The lowest BCUT2D eigenvalue weighted by atomic mass is 9.92. The number of carbonyl (C=O) groups excluding carboxylic acids is 1. The first-order valence-corrected chi connectivity index (χ1v) is 10.4. The van der Waals surface area contributed by atoms with Crippen LogP contribution in [0.2, 0.25) is 0 Å². The zero-order valence-corrected chi connectivity index (χ0v) is 17.7. The monoisotopic (exact) mass is 414 g/mol. The Balaban J connectivity index is 1.57. The molecule has 0 aliphatic heterocycles. The number of rotatable bonds is 7. The fourth-order valence-corrected chi connectivity index (χ4v) is 3.85. The summed E-state index contributed by atoms with van der Waals surface area (Å²) < 4.78 is 7.40. The maximum atomic E-state index is 12.6. The highest BCUT2D eigenvalue weighted by Crippen LogP contribution is 2.32. The number of urea groups is 1. The van der Waals surface area contributed by atoms with Crippen molar-refractivity contribution < 1.29 is 9.53 Å². The van der Waals surface area contributed by atoms with Gasteiger partial charge in [0.25, 0.3) is 0 Å². The summed E-state index contributed by atoms with van der Waals surface area (Å²) in [7, 11) is 1.61. The standard InChI is InChI=1S/C25H26N4O2/c1-3-29-17-23(21-8-4-5-9-24(21)29)22(18-7-6-14-26-15-18)16-27-25(30)28-19-10-12-20(31-2)13-11-19/h4-15,17,22H,3,16H2,1-2H3,(H2,27,28,30). The van der Waals surface area contributed by atoms with Gasteiger partial charge in [-0.2, -0.15) is 0 Å². The van der Waals surface area contributed by atoms with Crippen molar-refractivity contribution in [1.82, 2.24) is 14.9 Å². The number of carbonyl (C=O) groups is 1. The number of para-hydroxylation sites is 1. The minimum absolute atomic E-state index is 0.0204. The van der Waals surface area contributed by atoms with E-state index < -0.39 is 0 Å². The van der Waals surface area contributed by atoms with Gasteiger partial charge in [0, 0.05) is 54.2 Å². The smallest absolute Gasteiger partial charge is 0.319 e. The zero-order chi connectivity index (χ0) is 21.6. The van der Waals surface area contributed by atoms with Crippen molar-refractivity contribution in [3.63, 3.8) is 0 Å². The third-order valence-electron chi connectivity index (χ3n) is 5.44. The average Bonchev–Trinajstić information content (AvgIpc) is 3.19. The van der Waals surface area contributed by atoms with Crippen LogP contribution in [0.5, 0.6) is 5.75 Å². The lowest BCUT2D eigenvalue weighted by Gasteiger charge is -2.18. The molecule has 2 aromatic heterocycles. The predicted octanol–water partition coefficient (Wildman–Crippen LogP) is 5.02. The molecule has 4 aromatic rings. The molecule has 2 heterocycles. The van der Waals surface area contributed by atoms with Gasteiger partial charge in [0.2, 0.25) is 0 Å². The molecule has 6 nitrogen and oxygen atoms in total. The van der Waals surface area contributed by atoms with Gasteiger partial charge in [-0.3, -0.25) is 4.98 Å². The van der Waals surface area contributed by atoms with E-state index in [-0.39, 0.29) is 11.9 Å². The molecule has 6 heteroatoms. The van der Waals surface area contributed by atoms with Crippen LogP contribution in [-0.2, 0) is 6.54 Å². The van der Waals surface area contributed by atoms with Gasteiger partial charge in [-0.25, -0.2) is 4.79 Å². The van der Waals surface area contributed by atoms with E-state index in [1.54, 1.807) is 13.3 Å². The summed E-state index contributed by atoms with van der Waals surface area (Å²) in [4.78, 5) is 16.9. The minimum atomic E-state index is -0.252. The van der Waals surface area contributed by atoms with Crippen molar-refractivity contribution in [1.29, 1.82) is 0 Å². The van der Waals surface area contributed by atoms with Crippen LogP contribution in [-0.4, -0.2) is 29.2 Å². The number of hydrogen-bond acceptors (Lipinski definition) is 3. The highest BCUT2D eigenvalue weighted by molar-refractivity contribution is 5.89. The lowest BCUT2D eigenvalue weighted by molar-refractivity contribution is 0.252. The second kappa shape index (κ2) is 9.34. The Kier molecular flexibility index (Phi) is 6.17. The Bertz CT molecular complexity index is 1150. The maximum absolute atomic E-state index is 12.6. The van der Waals surface area contributed by atoms with Crippen molar-refractivity contribution in [2.45, 2.75) is 19.4 Å². The molecule has 0 aliphatic carbocycles. The number of ether oxygens (including phenoxy) is 1. The number of nitrogens with one attached hydrogen (secondary N) is 2. The quantitative estimate of drug-likeness (QED) is 0.446. The minimum Gasteiger partial charge on any atom is -0.497 e. The number of nitrogens with zero attached hydrogens (tertiary/aromatic N) is 2. The van der Waals surface area contributed by atoms with Crippen LogP contribution in [0.4, 0.5) is 10.5 Å². The summed E-state index contributed by atoms with van der Waals surface area (Å²) in [5.41, 5.74) is 4.14. The van der Waals surface area contributed by atoms with E-state index in [4.69, 9.17) is 4.74 Å². The summed E-state index contributed by atoms with van der Waals surface area (Å²) in [6.45, 7) is 3.47. The van der Waals surface area contributed by atoms with Crippen molar-refractivity contribution in [2.24, 2.45) is 0 Å². The Morgan fingerprint density at radius 3 is 2.61 bits per heavy atom. The fourth-order valence-electron chi connectivity index (χ4n) is 3.85. The molecule has 0 bridgehead atoms. The third kappa shape index (κ3) is 4.53. The molecule has 0 saturated heterocycles. The number of amides is 2. The van der Waals surface area contributed by atoms with Gasteiger partial charge in [-0.1, -0.05) is 24.3 Å². The van der Waals surface area contributed by atoms with Crippen LogP contribution in [0.15, 0.2) is 79.3 Å². The van der Waals surface area contributed by atoms with Gasteiger partial charge < -0.3 is 19.9 Å². The number of anilines is 1. The van der Waals surface area contributed by atoms with Crippen LogP contribution in [0.3, 0.4) is 0 Å². The van der Waals surface area contributed by atoms with Crippen LogP contribution in [0.25, 0.3) is 10.9 Å². The Morgan fingerprint density at radius 2 is 1.90 bits per heavy atom. The van der Waals surface area contributed by atoms with E-state index >= 15 is 0 Å². The number of benzene rings is 2. The molecule has 0 radical (unpaired) electrons. The van der Waals surface area contributed by atoms with Gasteiger partial charge in [0.1, 0.15) is 5.75 Å². The van der Waals surface area contributed by atoms with Gasteiger partial charge >= 0.3 is 6.03 Å². The van der Waals surface area contributed by atoms with E-state index in [9.17, 15) is 4.79 Å². The van der Waals surface area contributed by atoms with Crippen LogP contribution >= 0.6 is 0 Å². The van der Waals surface area contributed by atoms with E-state index in [0.29, 0.717) is 12.2 Å². The summed E-state index contributed by atoms with van der Waals surface area (Å²) in [6, 6.07) is 19.4. The second-order valence-corrected chi connectivity index (χ2v) is 7.29. The average molecular weight is 415 g/mol. The summed E-state index contributed by atoms with van der Waals surface area (Å²) in [5, 5.41) is 7.10. The molecule has 2 aromatic carbocycles. The summed E-state index contributed by atoms with van der Waals surface area (Å²) in [5.74, 6) is 0.725. The van der Waals surface area contributed by atoms with Gasteiger partial charge in [0.15, 0.2) is 0 Å². The number of hydrogen-bond donors (Lipinski definition) is 2. The number of pyridine rings is 1. The Hall–Kier alpha value is -3.80. The molecule has 0 fully saturated rings. The molecular weight excluding hydrogens is 388 g/mol. The van der Waals surface area contributed by atoms with Crippen molar-refractivity contribution in [2.75, 3.05) is 19.0 Å². The molecule has 1 unspecified atom stereocenters. The molecule has 0 saturated carbocycles. The Labute approximate surface area is 181 Å². The number of aryl methyl sites for hydroxylation is 1. The molecule has 158 valence electrons. The lowest BCUT2D eigenvalue weighted by Crippen LogP contribution is -2.32. The number of fused-ring (bicyclic) bond motifs is 1. The van der Waals surface area contributed by atoms with Crippen molar-refractivity contribution in [3.05, 3.63) is 90.4 Å². The summed E-state index contributed by atoms with van der Waals surface area (Å²) in [6.07, 6.45) is 5.82. The molecule has 2 amide bonds. The Morgan fingerprint density at radius 1 is 1.10 bits per heavy atom. The van der Waals surface area contributed by atoms with Crippen LogP contribution < -0.4 is 15.4 Å². The van der Waals surface area contributed by atoms with E-state index in [1.807, 2.05) is 36.5 Å². The van der Waals surface area contributed by atoms with Gasteiger partial charge in [0.05, 0.1) is 7.11 Å². The first-order valence-electron chi connectivity index (χ1n) is 10.4. The third-order valence-corrected chi connectivity index (χ3v) is 5.44. The molecule has 4 rings (SSSR count). The fraction of sp³-hybridized carbons (Fsp3) is 0.200. The van der Waals surface area contributed by atoms with Crippen molar-refractivity contribution >= 4 is 22.6 Å². The van der Waals surface area contributed by atoms with Crippen molar-refractivity contribution in [3.8, 4) is 5.75 Å². The first-order chi connectivity index (χ1) is 15.2. The van der Waals surface area contributed by atoms with Gasteiger partial charge in [-0.15, -0.1) is 0 Å². The van der Waals surface area contributed by atoms with Crippen LogP contribution in [0.1, 0.15) is 24.0 Å². The highest BCUT2D eigenvalue weighted by Gasteiger charge is 2.20. The molecular formula is C25H26N4O2. The predicted molar refractivity (Wildman–Crippen MR) is 124 cm³/mol. The van der Waals surface area contributed by atoms with E-state index in [0.717, 1.165) is 17.9 Å². The summed E-state index contributed by atoms with van der Waals surface area (Å²) >= 11 is 0. The topological polar surface area (TPSA) is 68.2 Å². The molecule has 31 heavy (non-hydrogen) atoms. The highest BCUT2D eigenvalue weighted by atomic mass is 16.5. The molecule has 1 atom stereocenters. The zero-order valence-electron chi connectivity index (χ0n) is 17.7. The number of aromatic nitrogens is 2. The maximum Gasteiger partial charge on any atom is 0.319 e. The number of methoxy groups -OCH3 is 1. The van der Waals surface area contributed by atoms with Crippen LogP contribution in [0, 0.1) is 0 Å². The van der Waals surface area contributed by atoms with Gasteiger partial charge in [-0.05, 0) is 54.4 Å². The molecule has 0 aliphatic rings. The van der Waals surface area contributed by atoms with E-state index in [2.05, 4.69) is 63.6 Å². The SMILES string of the molecule is CCn1cc(C(CNC(=O)Nc2ccc(OC)cc2)c2cccnc2)c2ccccc21. The largest absolute Gasteiger partial charge is 0.497 e. The first kappa shape index (κ1) is 20.5. The molecule has 0 spiro atoms.